The molecule has 2 atom stereocenters. The Balaban J connectivity index is 1.52. The number of nitrogens with one attached hydrogen (secondary N) is 1. The third-order valence-electron chi connectivity index (χ3n) is 4.77. The van der Waals surface area contributed by atoms with Crippen molar-refractivity contribution in [2.45, 2.75) is 38.8 Å². The zero-order valence-corrected chi connectivity index (χ0v) is 15.1. The third-order valence-corrected chi connectivity index (χ3v) is 4.77. The monoisotopic (exact) mass is 344 g/mol. The molecule has 0 bridgehead atoms. The molecule has 2 aromatic rings. The van der Waals surface area contributed by atoms with Crippen LogP contribution in [0.3, 0.4) is 0 Å². The Hall–Kier alpha value is -1.92. The van der Waals surface area contributed by atoms with Gasteiger partial charge in [0.1, 0.15) is 0 Å². The summed E-state index contributed by atoms with van der Waals surface area (Å²) < 4.78 is 13.3. The summed E-state index contributed by atoms with van der Waals surface area (Å²) in [5.74, 6) is 1.20. The van der Waals surface area contributed by atoms with Crippen molar-refractivity contribution in [3.63, 3.8) is 0 Å². The van der Waals surface area contributed by atoms with Crippen molar-refractivity contribution in [1.29, 1.82) is 0 Å². The molecule has 6 nitrogen and oxygen atoms in total. The quantitative estimate of drug-likeness (QED) is 0.746. The Kier molecular flexibility index (Phi) is 6.42. The number of aryl methyl sites for hydroxylation is 1. The Bertz CT molecular complexity index is 658. The molecule has 3 rings (SSSR count). The Labute approximate surface area is 149 Å². The van der Waals surface area contributed by atoms with Crippen molar-refractivity contribution in [2.75, 3.05) is 26.8 Å². The van der Waals surface area contributed by atoms with E-state index < -0.39 is 0 Å². The number of hydrogen-bond acceptors (Lipinski definition) is 5. The van der Waals surface area contributed by atoms with Crippen LogP contribution in [-0.2, 0) is 17.7 Å². The highest BCUT2D eigenvalue weighted by Gasteiger charge is 2.28. The maximum absolute atomic E-state index is 6.06. The summed E-state index contributed by atoms with van der Waals surface area (Å²) in [6.07, 6.45) is 9.19. The lowest BCUT2D eigenvalue weighted by Crippen LogP contribution is -2.32. The van der Waals surface area contributed by atoms with E-state index in [-0.39, 0.29) is 6.10 Å². The van der Waals surface area contributed by atoms with Gasteiger partial charge in [0, 0.05) is 49.1 Å². The van der Waals surface area contributed by atoms with Gasteiger partial charge < -0.3 is 14.8 Å². The first kappa shape index (κ1) is 17.9. The molecule has 0 unspecified atom stereocenters. The summed E-state index contributed by atoms with van der Waals surface area (Å²) in [6.45, 7) is 5.68. The average molecular weight is 344 g/mol. The second kappa shape index (κ2) is 8.97. The van der Waals surface area contributed by atoms with E-state index in [1.807, 2.05) is 16.9 Å². The van der Waals surface area contributed by atoms with Gasteiger partial charge in [0.2, 0.25) is 5.88 Å². The average Bonchev–Trinajstić information content (AvgIpc) is 3.15. The van der Waals surface area contributed by atoms with Gasteiger partial charge in [-0.25, -0.2) is 4.98 Å². The fourth-order valence-electron chi connectivity index (χ4n) is 3.43. The molecular formula is C19H28N4O2. The summed E-state index contributed by atoms with van der Waals surface area (Å²) in [5, 5.41) is 7.98. The SMILES string of the molecule is CCn1cc([C@@H]2OCCC[C@H]2CNCCc2cccnc2OC)cn1. The number of nitrogens with zero attached hydrogens (tertiary/aromatic N) is 3. The summed E-state index contributed by atoms with van der Waals surface area (Å²) >= 11 is 0. The smallest absolute Gasteiger partial charge is 0.216 e. The molecule has 0 aromatic carbocycles. The van der Waals surface area contributed by atoms with Crippen molar-refractivity contribution < 1.29 is 9.47 Å². The van der Waals surface area contributed by atoms with Crippen LogP contribution >= 0.6 is 0 Å². The molecule has 1 aliphatic rings. The van der Waals surface area contributed by atoms with Gasteiger partial charge in [-0.3, -0.25) is 4.68 Å². The predicted molar refractivity (Wildman–Crippen MR) is 96.7 cm³/mol. The topological polar surface area (TPSA) is 61.2 Å². The second-order valence-corrected chi connectivity index (χ2v) is 6.45. The zero-order valence-electron chi connectivity index (χ0n) is 15.1. The molecule has 0 saturated carbocycles. The molecule has 25 heavy (non-hydrogen) atoms. The number of hydrogen-bond donors (Lipinski definition) is 1. The number of ether oxygens (including phenoxy) is 2. The van der Waals surface area contributed by atoms with E-state index in [4.69, 9.17) is 9.47 Å². The van der Waals surface area contributed by atoms with Crippen molar-refractivity contribution in [2.24, 2.45) is 5.92 Å². The van der Waals surface area contributed by atoms with Crippen LogP contribution in [0.4, 0.5) is 0 Å². The third kappa shape index (κ3) is 4.58. The van der Waals surface area contributed by atoms with Crippen molar-refractivity contribution in [3.05, 3.63) is 41.9 Å². The fraction of sp³-hybridized carbons (Fsp3) is 0.579. The highest BCUT2D eigenvalue weighted by Crippen LogP contribution is 2.33. The van der Waals surface area contributed by atoms with Gasteiger partial charge in [0.25, 0.3) is 0 Å². The summed E-state index contributed by atoms with van der Waals surface area (Å²) in [5.41, 5.74) is 2.33. The number of pyridine rings is 1. The fourth-order valence-corrected chi connectivity index (χ4v) is 3.43. The molecule has 6 heteroatoms. The Morgan fingerprint density at radius 2 is 2.36 bits per heavy atom. The highest BCUT2D eigenvalue weighted by atomic mass is 16.5. The molecule has 136 valence electrons. The molecule has 0 spiro atoms. The Morgan fingerprint density at radius 3 is 3.16 bits per heavy atom. The molecule has 0 amide bonds. The van der Waals surface area contributed by atoms with Crippen molar-refractivity contribution in [1.82, 2.24) is 20.1 Å². The van der Waals surface area contributed by atoms with E-state index in [2.05, 4.69) is 34.6 Å². The molecule has 0 radical (unpaired) electrons. The molecule has 1 fully saturated rings. The molecule has 1 aliphatic heterocycles. The van der Waals surface area contributed by atoms with Crippen LogP contribution in [-0.4, -0.2) is 41.6 Å². The number of methoxy groups -OCH3 is 1. The minimum Gasteiger partial charge on any atom is -0.481 e. The molecule has 0 aliphatic carbocycles. The van der Waals surface area contributed by atoms with Gasteiger partial charge in [0.15, 0.2) is 0 Å². The highest BCUT2D eigenvalue weighted by molar-refractivity contribution is 5.25. The van der Waals surface area contributed by atoms with E-state index in [9.17, 15) is 0 Å². The summed E-state index contributed by atoms with van der Waals surface area (Å²) in [6, 6.07) is 4.02. The molecule has 2 aromatic heterocycles. The van der Waals surface area contributed by atoms with Gasteiger partial charge in [-0.2, -0.15) is 5.10 Å². The van der Waals surface area contributed by atoms with Crippen LogP contribution < -0.4 is 10.1 Å². The Morgan fingerprint density at radius 1 is 1.44 bits per heavy atom. The summed E-state index contributed by atoms with van der Waals surface area (Å²) in [4.78, 5) is 4.25. The van der Waals surface area contributed by atoms with Gasteiger partial charge in [-0.1, -0.05) is 6.07 Å². The molecule has 1 saturated heterocycles. The lowest BCUT2D eigenvalue weighted by Gasteiger charge is -2.31. The van der Waals surface area contributed by atoms with E-state index in [1.165, 1.54) is 12.0 Å². The van der Waals surface area contributed by atoms with E-state index in [0.717, 1.165) is 50.5 Å². The van der Waals surface area contributed by atoms with E-state index in [0.29, 0.717) is 5.92 Å². The van der Waals surface area contributed by atoms with Gasteiger partial charge >= 0.3 is 0 Å². The van der Waals surface area contributed by atoms with Crippen LogP contribution in [0.2, 0.25) is 0 Å². The maximum Gasteiger partial charge on any atom is 0.216 e. The van der Waals surface area contributed by atoms with Crippen LogP contribution in [0.5, 0.6) is 5.88 Å². The van der Waals surface area contributed by atoms with E-state index in [1.54, 1.807) is 13.3 Å². The number of rotatable bonds is 8. The second-order valence-electron chi connectivity index (χ2n) is 6.45. The minimum absolute atomic E-state index is 0.148. The van der Waals surface area contributed by atoms with Gasteiger partial charge in [-0.05, 0) is 38.8 Å². The zero-order chi connectivity index (χ0) is 17.5. The first-order valence-corrected chi connectivity index (χ1v) is 9.14. The lowest BCUT2D eigenvalue weighted by molar-refractivity contribution is -0.0277. The minimum atomic E-state index is 0.148. The van der Waals surface area contributed by atoms with Gasteiger partial charge in [0.05, 0.1) is 19.4 Å². The standard InChI is InChI=1S/C19H28N4O2/c1-3-23-14-17(13-22-23)18-16(7-5-11-25-18)12-20-10-8-15-6-4-9-21-19(15)24-2/h4,6,9,13-14,16,18,20H,3,5,7-8,10-12H2,1-2H3/t16-,18+/m0/s1. The van der Waals surface area contributed by atoms with Gasteiger partial charge in [-0.15, -0.1) is 0 Å². The first-order valence-electron chi connectivity index (χ1n) is 9.14. The molecular weight excluding hydrogens is 316 g/mol. The summed E-state index contributed by atoms with van der Waals surface area (Å²) in [7, 11) is 1.67. The first-order chi connectivity index (χ1) is 12.3. The normalized spacial score (nSPS) is 20.6. The maximum atomic E-state index is 6.06. The van der Waals surface area contributed by atoms with Crippen molar-refractivity contribution >= 4 is 0 Å². The predicted octanol–water partition coefficient (Wildman–Crippen LogP) is 2.61. The van der Waals surface area contributed by atoms with Crippen LogP contribution in [0.25, 0.3) is 0 Å². The lowest BCUT2D eigenvalue weighted by atomic mass is 9.91. The van der Waals surface area contributed by atoms with E-state index >= 15 is 0 Å². The van der Waals surface area contributed by atoms with Crippen LogP contribution in [0, 0.1) is 5.92 Å². The number of aromatic nitrogens is 3. The van der Waals surface area contributed by atoms with Crippen molar-refractivity contribution in [3.8, 4) is 5.88 Å². The van der Waals surface area contributed by atoms with Crippen LogP contribution in [0.15, 0.2) is 30.7 Å². The molecule has 3 heterocycles. The molecule has 1 N–H and O–H groups in total. The largest absolute Gasteiger partial charge is 0.481 e. The van der Waals surface area contributed by atoms with Crippen LogP contribution in [0.1, 0.15) is 37.0 Å².